The molecule has 1 saturated carbocycles. The van der Waals surface area contributed by atoms with E-state index in [1.807, 2.05) is 30.3 Å². The zero-order valence-electron chi connectivity index (χ0n) is 21.7. The van der Waals surface area contributed by atoms with Gasteiger partial charge in [-0.25, -0.2) is 4.79 Å². The maximum Gasteiger partial charge on any atom is 0.414 e. The number of nitrogens with one attached hydrogen (secondary N) is 1. The molecule has 2 amide bonds. The third kappa shape index (κ3) is 5.41. The van der Waals surface area contributed by atoms with Gasteiger partial charge in [0.25, 0.3) is 0 Å². The number of thioether (sulfide) groups is 1. The Kier molecular flexibility index (Phi) is 7.33. The molecular formula is C28H34N2O6S. The smallest absolute Gasteiger partial charge is 0.414 e. The number of carbonyl (C=O) groups excluding carboxylic acids is 2. The number of alkyl carbamates (subject to hydrolysis) is 1. The Morgan fingerprint density at radius 3 is 2.78 bits per heavy atom. The van der Waals surface area contributed by atoms with E-state index in [0.29, 0.717) is 13.0 Å². The molecule has 1 spiro atoms. The number of para-hydroxylation sites is 1. The number of pyridine rings is 1. The molecule has 6 unspecified atom stereocenters. The first-order valence-electron chi connectivity index (χ1n) is 12.7. The van der Waals surface area contributed by atoms with Crippen molar-refractivity contribution in [2.75, 3.05) is 19.5 Å². The predicted molar refractivity (Wildman–Crippen MR) is 140 cm³/mol. The van der Waals surface area contributed by atoms with Crippen LogP contribution in [-0.2, 0) is 23.7 Å². The summed E-state index contributed by atoms with van der Waals surface area (Å²) in [6.45, 7) is 6.90. The van der Waals surface area contributed by atoms with Gasteiger partial charge in [0.05, 0.1) is 29.9 Å². The van der Waals surface area contributed by atoms with Crippen molar-refractivity contribution in [3.8, 4) is 0 Å². The zero-order chi connectivity index (χ0) is 26.2. The Labute approximate surface area is 221 Å². The van der Waals surface area contributed by atoms with Crippen LogP contribution in [-0.4, -0.2) is 66.0 Å². The molecule has 2 saturated heterocycles. The van der Waals surface area contributed by atoms with Gasteiger partial charge >= 0.3 is 6.09 Å². The van der Waals surface area contributed by atoms with E-state index in [-0.39, 0.29) is 23.4 Å². The summed E-state index contributed by atoms with van der Waals surface area (Å²) < 4.78 is 23.8. The minimum atomic E-state index is -0.761. The van der Waals surface area contributed by atoms with Crippen LogP contribution in [0.1, 0.15) is 40.0 Å². The van der Waals surface area contributed by atoms with Gasteiger partial charge in [-0.2, -0.15) is 0 Å². The normalized spacial score (nSPS) is 32.1. The van der Waals surface area contributed by atoms with Crippen molar-refractivity contribution in [1.29, 1.82) is 0 Å². The first-order chi connectivity index (χ1) is 17.8. The van der Waals surface area contributed by atoms with Crippen LogP contribution in [0.5, 0.6) is 0 Å². The molecule has 2 aromatic rings. The molecule has 3 aliphatic rings. The minimum Gasteiger partial charge on any atom is -0.443 e. The summed E-state index contributed by atoms with van der Waals surface area (Å²) in [4.78, 5) is 30.5. The second-order valence-corrected chi connectivity index (χ2v) is 11.5. The number of rotatable bonds is 8. The number of methoxy groups -OCH3 is 1. The lowest BCUT2D eigenvalue weighted by atomic mass is 9.68. The third-order valence-electron chi connectivity index (χ3n) is 7.69. The summed E-state index contributed by atoms with van der Waals surface area (Å²) in [7, 11) is 1.63. The summed E-state index contributed by atoms with van der Waals surface area (Å²) in [6, 6.07) is 9.66. The Morgan fingerprint density at radius 2 is 2.05 bits per heavy atom. The summed E-state index contributed by atoms with van der Waals surface area (Å²) >= 11 is 1.33. The van der Waals surface area contributed by atoms with Gasteiger partial charge in [-0.05, 0) is 52.2 Å². The molecule has 1 N–H and O–H groups in total. The lowest BCUT2D eigenvalue weighted by molar-refractivity contribution is -0.124. The average molecular weight is 527 g/mol. The number of amides is 2. The highest BCUT2D eigenvalue weighted by Crippen LogP contribution is 2.59. The molecular weight excluding hydrogens is 492 g/mol. The van der Waals surface area contributed by atoms with E-state index >= 15 is 0 Å². The van der Waals surface area contributed by atoms with Crippen molar-refractivity contribution in [2.24, 2.45) is 5.92 Å². The number of epoxide rings is 2. The van der Waals surface area contributed by atoms with Crippen LogP contribution in [0.2, 0.25) is 0 Å². The number of hydrogen-bond donors (Lipinski definition) is 1. The van der Waals surface area contributed by atoms with Gasteiger partial charge in [-0.3, -0.25) is 15.1 Å². The van der Waals surface area contributed by atoms with E-state index in [1.54, 1.807) is 13.3 Å². The second-order valence-electron chi connectivity index (χ2n) is 10.5. The number of imide groups is 1. The van der Waals surface area contributed by atoms with E-state index in [0.717, 1.165) is 28.6 Å². The summed E-state index contributed by atoms with van der Waals surface area (Å²) in [5, 5.41) is 3.37. The van der Waals surface area contributed by atoms with E-state index < -0.39 is 29.8 Å². The standard InChI is InChI=1S/C28H34N2O6S/c1-17(2)10-11-21-27(3,36-21)25-24(33-4)19(12-13-28(25)16-34-28)35-26(32)30-22(31)15-37-20-9-5-7-18-8-6-14-29-23(18)20/h5-10,14,19,21,24-25H,11-13,15-16H2,1-4H3,(H,30,31,32). The molecule has 6 atom stereocenters. The summed E-state index contributed by atoms with van der Waals surface area (Å²) in [5.74, 6) is -0.427. The van der Waals surface area contributed by atoms with Gasteiger partial charge in [0.15, 0.2) is 0 Å². The van der Waals surface area contributed by atoms with Crippen molar-refractivity contribution in [2.45, 2.75) is 74.4 Å². The van der Waals surface area contributed by atoms with Crippen LogP contribution in [0.3, 0.4) is 0 Å². The van der Waals surface area contributed by atoms with Crippen LogP contribution < -0.4 is 5.32 Å². The molecule has 8 nitrogen and oxygen atoms in total. The van der Waals surface area contributed by atoms with Crippen molar-refractivity contribution in [1.82, 2.24) is 10.3 Å². The first kappa shape index (κ1) is 26.2. The van der Waals surface area contributed by atoms with E-state index in [4.69, 9.17) is 18.9 Å². The molecule has 0 radical (unpaired) electrons. The van der Waals surface area contributed by atoms with Crippen LogP contribution in [0.25, 0.3) is 10.9 Å². The lowest BCUT2D eigenvalue weighted by Crippen LogP contribution is -2.56. The van der Waals surface area contributed by atoms with Crippen LogP contribution >= 0.6 is 11.8 Å². The number of ether oxygens (including phenoxy) is 4. The Bertz CT molecular complexity index is 1200. The molecule has 1 aromatic carbocycles. The largest absolute Gasteiger partial charge is 0.443 e. The number of aromatic nitrogens is 1. The number of benzene rings is 1. The maximum atomic E-state index is 12.7. The fourth-order valence-electron chi connectivity index (χ4n) is 5.72. The van der Waals surface area contributed by atoms with Crippen LogP contribution in [0.15, 0.2) is 53.1 Å². The molecule has 5 rings (SSSR count). The molecule has 1 aromatic heterocycles. The van der Waals surface area contributed by atoms with Crippen molar-refractivity contribution in [3.05, 3.63) is 48.2 Å². The van der Waals surface area contributed by atoms with Gasteiger partial charge in [-0.15, -0.1) is 11.8 Å². The monoisotopic (exact) mass is 526 g/mol. The van der Waals surface area contributed by atoms with Crippen molar-refractivity contribution < 1.29 is 28.5 Å². The summed E-state index contributed by atoms with van der Waals surface area (Å²) in [6.07, 6.45) is 4.49. The van der Waals surface area contributed by atoms with Gasteiger partial charge in [-0.1, -0.05) is 29.8 Å². The van der Waals surface area contributed by atoms with E-state index in [2.05, 4.69) is 37.1 Å². The fourth-order valence-corrected chi connectivity index (χ4v) is 6.56. The molecule has 198 valence electrons. The quantitative estimate of drug-likeness (QED) is 0.301. The lowest BCUT2D eigenvalue weighted by Gasteiger charge is -2.42. The highest BCUT2D eigenvalue weighted by atomic mass is 32.2. The predicted octanol–water partition coefficient (Wildman–Crippen LogP) is 4.66. The third-order valence-corrected chi connectivity index (χ3v) is 8.74. The highest BCUT2D eigenvalue weighted by molar-refractivity contribution is 8.00. The minimum absolute atomic E-state index is 0.0701. The first-order valence-corrected chi connectivity index (χ1v) is 13.7. The van der Waals surface area contributed by atoms with Crippen LogP contribution in [0.4, 0.5) is 4.79 Å². The van der Waals surface area contributed by atoms with E-state index in [1.165, 1.54) is 17.3 Å². The molecule has 0 bridgehead atoms. The Hall–Kier alpha value is -2.46. The SMILES string of the molecule is COC1C(OC(=O)NC(=O)CSc2cccc3cccnc23)CCC2(CO2)C1C1(C)OC1CC=C(C)C. The zero-order valence-corrected chi connectivity index (χ0v) is 22.5. The number of hydrogen-bond acceptors (Lipinski definition) is 8. The molecule has 9 heteroatoms. The number of nitrogens with zero attached hydrogens (tertiary/aromatic N) is 1. The van der Waals surface area contributed by atoms with Crippen molar-refractivity contribution >= 4 is 34.7 Å². The molecule has 3 fully saturated rings. The maximum absolute atomic E-state index is 12.7. The Balaban J connectivity index is 1.19. The second kappa shape index (κ2) is 10.4. The number of fused-ring (bicyclic) bond motifs is 1. The average Bonchev–Trinajstić information content (AvgIpc) is 3.79. The highest BCUT2D eigenvalue weighted by Gasteiger charge is 2.72. The molecule has 3 heterocycles. The number of allylic oxidation sites excluding steroid dienone is 1. The van der Waals surface area contributed by atoms with Crippen molar-refractivity contribution in [3.63, 3.8) is 0 Å². The molecule has 1 aliphatic carbocycles. The fraction of sp³-hybridized carbons (Fsp3) is 0.536. The number of carbonyl (C=O) groups is 2. The van der Waals surface area contributed by atoms with Gasteiger partial charge < -0.3 is 18.9 Å². The molecule has 37 heavy (non-hydrogen) atoms. The summed E-state index contributed by atoms with van der Waals surface area (Å²) in [5.41, 5.74) is 1.36. The van der Waals surface area contributed by atoms with Crippen LogP contribution in [0, 0.1) is 5.92 Å². The topological polar surface area (TPSA) is 103 Å². The molecule has 2 aliphatic heterocycles. The van der Waals surface area contributed by atoms with Gasteiger partial charge in [0.1, 0.15) is 23.4 Å². The van der Waals surface area contributed by atoms with E-state index in [9.17, 15) is 9.59 Å². The van der Waals surface area contributed by atoms with Gasteiger partial charge in [0.2, 0.25) is 5.91 Å². The van der Waals surface area contributed by atoms with Gasteiger partial charge in [0, 0.05) is 23.6 Å². The Morgan fingerprint density at radius 1 is 1.27 bits per heavy atom.